The summed E-state index contributed by atoms with van der Waals surface area (Å²) in [5.41, 5.74) is 1.81. The highest BCUT2D eigenvalue weighted by Crippen LogP contribution is 2.25. The summed E-state index contributed by atoms with van der Waals surface area (Å²) < 4.78 is 53.9. The normalized spacial score (nSPS) is 12.9. The second kappa shape index (κ2) is 6.87. The minimum absolute atomic E-state index is 0.0942. The number of carbonyl (C=O) groups is 1. The Balaban J connectivity index is 1.82. The molecule has 1 aromatic carbocycles. The van der Waals surface area contributed by atoms with Crippen molar-refractivity contribution in [3.05, 3.63) is 47.8 Å². The Kier molecular flexibility index (Phi) is 4.77. The van der Waals surface area contributed by atoms with E-state index in [2.05, 4.69) is 19.7 Å². The van der Waals surface area contributed by atoms with Crippen molar-refractivity contribution in [2.75, 3.05) is 0 Å². The highest BCUT2D eigenvalue weighted by molar-refractivity contribution is 7.84. The van der Waals surface area contributed by atoms with Crippen molar-refractivity contribution in [3.63, 3.8) is 0 Å². The zero-order valence-corrected chi connectivity index (χ0v) is 14.1. The van der Waals surface area contributed by atoms with Gasteiger partial charge in [-0.1, -0.05) is 12.1 Å². The molecule has 0 aliphatic heterocycles. The number of imidazole rings is 1. The van der Waals surface area contributed by atoms with Crippen LogP contribution in [0.15, 0.2) is 41.7 Å². The first kappa shape index (κ1) is 18.1. The van der Waals surface area contributed by atoms with Gasteiger partial charge in [0.15, 0.2) is 5.16 Å². The van der Waals surface area contributed by atoms with E-state index in [1.807, 2.05) is 0 Å². The lowest BCUT2D eigenvalue weighted by atomic mass is 10.2. The number of aromatic amines is 1. The number of aromatic nitrogens is 3. The number of hydrogen-bond donors (Lipinski definition) is 1. The Hall–Kier alpha value is -2.75. The zero-order valence-electron chi connectivity index (χ0n) is 13.3. The number of nitrogens with zero attached hydrogens (tertiary/aromatic N) is 2. The van der Waals surface area contributed by atoms with Crippen LogP contribution in [0.4, 0.5) is 13.2 Å². The molecule has 0 aliphatic rings. The van der Waals surface area contributed by atoms with Crippen molar-refractivity contribution in [1.82, 2.24) is 15.0 Å². The molecule has 0 bridgehead atoms. The number of pyridine rings is 1. The van der Waals surface area contributed by atoms with E-state index >= 15 is 0 Å². The molecule has 3 aromatic rings. The summed E-state index contributed by atoms with van der Waals surface area (Å²) in [6, 6.07) is 8.28. The second-order valence-electron chi connectivity index (χ2n) is 5.32. The molecule has 0 saturated carbocycles. The van der Waals surface area contributed by atoms with Gasteiger partial charge in [0.25, 0.3) is 0 Å². The zero-order chi connectivity index (χ0) is 18.9. The number of carbonyl (C=O) groups excluding carboxylic acids is 1. The van der Waals surface area contributed by atoms with Crippen LogP contribution in [0.3, 0.4) is 0 Å². The summed E-state index contributed by atoms with van der Waals surface area (Å²) >= 11 is 0. The maximum atomic E-state index is 12.5. The maximum absolute atomic E-state index is 12.5. The van der Waals surface area contributed by atoms with Crippen molar-refractivity contribution in [2.24, 2.45) is 0 Å². The monoisotopic (exact) mass is 383 g/mol. The molecule has 0 fully saturated rings. The maximum Gasteiger partial charge on any atom is 0.491 e. The van der Waals surface area contributed by atoms with Crippen LogP contribution < -0.4 is 4.74 Å². The summed E-state index contributed by atoms with van der Waals surface area (Å²) in [5.74, 6) is -2.70. The van der Waals surface area contributed by atoms with Gasteiger partial charge in [-0.15, -0.1) is 0 Å². The summed E-state index contributed by atoms with van der Waals surface area (Å²) in [6.45, 7) is 1.44. The fraction of sp³-hybridized carbons (Fsp3) is 0.188. The first-order chi connectivity index (χ1) is 12.3. The highest BCUT2D eigenvalue weighted by atomic mass is 32.2. The molecule has 6 nitrogen and oxygen atoms in total. The number of ether oxygens (including phenoxy) is 1. The van der Waals surface area contributed by atoms with Gasteiger partial charge in [-0.25, -0.2) is 9.78 Å². The third-order valence-electron chi connectivity index (χ3n) is 3.54. The topological polar surface area (TPSA) is 84.9 Å². The second-order valence-corrected chi connectivity index (χ2v) is 6.68. The number of nitrogens with one attached hydrogen (secondary N) is 1. The van der Waals surface area contributed by atoms with Crippen molar-refractivity contribution in [3.8, 4) is 5.75 Å². The Labute approximate surface area is 147 Å². The van der Waals surface area contributed by atoms with Crippen LogP contribution in [-0.2, 0) is 21.3 Å². The molecule has 10 heteroatoms. The van der Waals surface area contributed by atoms with Crippen LogP contribution in [0.5, 0.6) is 5.75 Å². The summed E-state index contributed by atoms with van der Waals surface area (Å²) in [6.07, 6.45) is -3.91. The number of H-pyrrole nitrogens is 1. The van der Waals surface area contributed by atoms with E-state index in [1.54, 1.807) is 24.3 Å². The Bertz CT molecular complexity index is 968. The minimum Gasteiger partial charge on any atom is -0.419 e. The average molecular weight is 383 g/mol. The van der Waals surface area contributed by atoms with E-state index in [0.29, 0.717) is 11.0 Å². The van der Waals surface area contributed by atoms with Crippen LogP contribution in [0.1, 0.15) is 11.3 Å². The quantitative estimate of drug-likeness (QED) is 0.700. The summed E-state index contributed by atoms with van der Waals surface area (Å²) in [7, 11) is -1.61. The molecule has 1 unspecified atom stereocenters. The number of para-hydroxylation sites is 2. The molecule has 1 atom stereocenters. The molecule has 0 saturated heterocycles. The molecule has 2 aromatic heterocycles. The SMILES string of the molecule is Cc1c(OC(=O)C(F)(F)F)ccnc1CS(=O)c1nc2ccccc2[nH]1. The predicted octanol–water partition coefficient (Wildman–Crippen LogP) is 3.04. The average Bonchev–Trinajstić information content (AvgIpc) is 3.01. The van der Waals surface area contributed by atoms with E-state index < -0.39 is 22.9 Å². The van der Waals surface area contributed by atoms with Gasteiger partial charge < -0.3 is 9.72 Å². The largest absolute Gasteiger partial charge is 0.491 e. The van der Waals surface area contributed by atoms with Crippen molar-refractivity contribution in [1.29, 1.82) is 0 Å². The predicted molar refractivity (Wildman–Crippen MR) is 86.9 cm³/mol. The van der Waals surface area contributed by atoms with Gasteiger partial charge in [0, 0.05) is 11.8 Å². The Morgan fingerprint density at radius 1 is 1.27 bits per heavy atom. The number of alkyl halides is 3. The summed E-state index contributed by atoms with van der Waals surface area (Å²) in [4.78, 5) is 22.2. The molecule has 1 N–H and O–H groups in total. The van der Waals surface area contributed by atoms with E-state index in [-0.39, 0.29) is 27.9 Å². The first-order valence-corrected chi connectivity index (χ1v) is 8.64. The molecule has 0 aliphatic carbocycles. The van der Waals surface area contributed by atoms with Crippen LogP contribution in [0.2, 0.25) is 0 Å². The molecule has 136 valence electrons. The number of benzene rings is 1. The molecule has 3 rings (SSSR count). The van der Waals surface area contributed by atoms with Gasteiger partial charge in [0.05, 0.1) is 33.3 Å². The molecular formula is C16H12F3N3O3S. The number of hydrogen-bond acceptors (Lipinski definition) is 5. The Morgan fingerprint density at radius 3 is 2.69 bits per heavy atom. The molecular weight excluding hydrogens is 371 g/mol. The molecule has 0 amide bonds. The van der Waals surface area contributed by atoms with Crippen LogP contribution in [-0.4, -0.2) is 31.3 Å². The smallest absolute Gasteiger partial charge is 0.419 e. The minimum atomic E-state index is -5.10. The summed E-state index contributed by atoms with van der Waals surface area (Å²) in [5, 5.41) is 0.227. The van der Waals surface area contributed by atoms with E-state index in [9.17, 15) is 22.2 Å². The number of halogens is 3. The molecule has 0 radical (unpaired) electrons. The molecule has 0 spiro atoms. The first-order valence-electron chi connectivity index (χ1n) is 7.32. The fourth-order valence-corrected chi connectivity index (χ4v) is 3.30. The molecule has 2 heterocycles. The highest BCUT2D eigenvalue weighted by Gasteiger charge is 2.41. The number of esters is 1. The van der Waals surface area contributed by atoms with E-state index in [4.69, 9.17) is 0 Å². The number of rotatable bonds is 4. The third kappa shape index (κ3) is 3.74. The number of fused-ring (bicyclic) bond motifs is 1. The van der Waals surface area contributed by atoms with Gasteiger partial charge in [-0.2, -0.15) is 13.2 Å². The van der Waals surface area contributed by atoms with Gasteiger partial charge in [0.2, 0.25) is 0 Å². The lowest BCUT2D eigenvalue weighted by Gasteiger charge is -2.11. The molecule has 26 heavy (non-hydrogen) atoms. The Morgan fingerprint density at radius 2 is 2.00 bits per heavy atom. The van der Waals surface area contributed by atoms with Crippen LogP contribution in [0.25, 0.3) is 11.0 Å². The third-order valence-corrected chi connectivity index (χ3v) is 4.70. The van der Waals surface area contributed by atoms with Gasteiger partial charge in [-0.05, 0) is 25.1 Å². The lowest BCUT2D eigenvalue weighted by molar-refractivity contribution is -0.189. The van der Waals surface area contributed by atoms with E-state index in [0.717, 1.165) is 6.07 Å². The van der Waals surface area contributed by atoms with Crippen molar-refractivity contribution < 1.29 is 26.9 Å². The van der Waals surface area contributed by atoms with Crippen molar-refractivity contribution in [2.45, 2.75) is 24.0 Å². The van der Waals surface area contributed by atoms with Gasteiger partial charge >= 0.3 is 12.1 Å². The standard InChI is InChI=1S/C16H12F3N3O3S/c1-9-12(20-7-6-13(9)25-14(23)16(17,18)19)8-26(24)15-21-10-4-2-3-5-11(10)22-15/h2-7H,8H2,1H3,(H,21,22). The van der Waals surface area contributed by atoms with Crippen LogP contribution >= 0.6 is 0 Å². The van der Waals surface area contributed by atoms with Crippen LogP contribution in [0, 0.1) is 6.92 Å². The lowest BCUT2D eigenvalue weighted by Crippen LogP contribution is -2.28. The van der Waals surface area contributed by atoms with Crippen molar-refractivity contribution >= 4 is 27.8 Å². The van der Waals surface area contributed by atoms with Gasteiger partial charge in [0.1, 0.15) is 5.75 Å². The fourth-order valence-electron chi connectivity index (χ4n) is 2.20. The van der Waals surface area contributed by atoms with E-state index in [1.165, 1.54) is 13.1 Å². The van der Waals surface area contributed by atoms with Gasteiger partial charge in [-0.3, -0.25) is 9.19 Å².